The first-order chi connectivity index (χ1) is 6.23. The first-order valence-corrected chi connectivity index (χ1v) is 5.72. The average Bonchev–Trinajstić information content (AvgIpc) is 1.99. The Hall–Kier alpha value is -0.0800. The molecule has 0 aromatic rings. The summed E-state index contributed by atoms with van der Waals surface area (Å²) >= 11 is 0. The van der Waals surface area contributed by atoms with Gasteiger partial charge in [-0.05, 0) is 46.5 Å². The van der Waals surface area contributed by atoms with Crippen LogP contribution >= 0.6 is 0 Å². The molecule has 2 atom stereocenters. The first kappa shape index (κ1) is 13.9. The molecule has 0 aromatic carbocycles. The number of aliphatic hydroxyl groups is 1. The minimum Gasteiger partial charge on any atom is -0.389 e. The van der Waals surface area contributed by atoms with Crippen molar-refractivity contribution in [3.05, 3.63) is 0 Å². The molecule has 0 heterocycles. The van der Waals surface area contributed by atoms with Crippen LogP contribution in [0.3, 0.4) is 0 Å². The second kappa shape index (κ2) is 5.72. The average molecular weight is 201 g/mol. The Morgan fingerprint density at radius 1 is 1.07 bits per heavy atom. The van der Waals surface area contributed by atoms with Gasteiger partial charge in [0, 0.05) is 12.1 Å². The fourth-order valence-electron chi connectivity index (χ4n) is 1.30. The summed E-state index contributed by atoms with van der Waals surface area (Å²) in [6, 6.07) is 0.628. The van der Waals surface area contributed by atoms with E-state index >= 15 is 0 Å². The van der Waals surface area contributed by atoms with Gasteiger partial charge in [0.15, 0.2) is 0 Å². The maximum absolute atomic E-state index is 9.75. The van der Waals surface area contributed by atoms with E-state index in [0.29, 0.717) is 6.04 Å². The molecule has 14 heavy (non-hydrogen) atoms. The van der Waals surface area contributed by atoms with E-state index in [4.69, 9.17) is 0 Å². The molecule has 2 nitrogen and oxygen atoms in total. The van der Waals surface area contributed by atoms with Crippen molar-refractivity contribution >= 4 is 0 Å². The largest absolute Gasteiger partial charge is 0.389 e. The predicted molar refractivity (Wildman–Crippen MR) is 62.4 cm³/mol. The van der Waals surface area contributed by atoms with Crippen molar-refractivity contribution in [3.8, 4) is 0 Å². The third kappa shape index (κ3) is 6.39. The lowest BCUT2D eigenvalue weighted by molar-refractivity contribution is 0.0400. The molecule has 0 radical (unpaired) electrons. The van der Waals surface area contributed by atoms with Crippen LogP contribution < -0.4 is 5.32 Å². The van der Waals surface area contributed by atoms with Gasteiger partial charge in [-0.3, -0.25) is 0 Å². The molecule has 0 spiro atoms. The molecule has 0 saturated heterocycles. The molecule has 0 aliphatic rings. The molecule has 2 N–H and O–H groups in total. The van der Waals surface area contributed by atoms with E-state index in [9.17, 15) is 5.11 Å². The van der Waals surface area contributed by atoms with Crippen molar-refractivity contribution in [1.82, 2.24) is 5.32 Å². The lowest BCUT2D eigenvalue weighted by atomic mass is 9.98. The quantitative estimate of drug-likeness (QED) is 0.692. The van der Waals surface area contributed by atoms with E-state index in [1.807, 2.05) is 20.8 Å². The molecule has 2 heteroatoms. The lowest BCUT2D eigenvalue weighted by Crippen LogP contribution is -2.48. The van der Waals surface area contributed by atoms with E-state index in [-0.39, 0.29) is 6.04 Å². The second-order valence-corrected chi connectivity index (χ2v) is 5.41. The van der Waals surface area contributed by atoms with E-state index < -0.39 is 5.60 Å². The normalized spacial score (nSPS) is 17.1. The Morgan fingerprint density at radius 3 is 1.93 bits per heavy atom. The highest BCUT2D eigenvalue weighted by Crippen LogP contribution is 2.11. The van der Waals surface area contributed by atoms with Gasteiger partial charge in [0.2, 0.25) is 0 Å². The third-order valence-corrected chi connectivity index (χ3v) is 2.77. The van der Waals surface area contributed by atoms with Gasteiger partial charge < -0.3 is 10.4 Å². The van der Waals surface area contributed by atoms with Crippen molar-refractivity contribution in [1.29, 1.82) is 0 Å². The van der Waals surface area contributed by atoms with Gasteiger partial charge in [-0.2, -0.15) is 0 Å². The Bertz CT molecular complexity index is 149. The molecule has 0 aromatic heterocycles. The van der Waals surface area contributed by atoms with Crippen molar-refractivity contribution in [3.63, 3.8) is 0 Å². The van der Waals surface area contributed by atoms with Crippen molar-refractivity contribution in [2.75, 3.05) is 0 Å². The van der Waals surface area contributed by atoms with Crippen LogP contribution in [0.25, 0.3) is 0 Å². The van der Waals surface area contributed by atoms with Crippen LogP contribution in [0.15, 0.2) is 0 Å². The fourth-order valence-corrected chi connectivity index (χ4v) is 1.30. The number of nitrogens with one attached hydrogen (secondary N) is 1. The van der Waals surface area contributed by atoms with Crippen molar-refractivity contribution < 1.29 is 5.11 Å². The molecule has 0 aliphatic heterocycles. The SMILES string of the molecule is CC(C)CCC(C)NC(C)C(C)(C)O. The summed E-state index contributed by atoms with van der Waals surface area (Å²) in [5.41, 5.74) is -0.633. The molecule has 86 valence electrons. The predicted octanol–water partition coefficient (Wildman–Crippen LogP) is 2.56. The van der Waals surface area contributed by atoms with Gasteiger partial charge in [0.05, 0.1) is 5.60 Å². The minimum absolute atomic E-state index is 0.143. The first-order valence-electron chi connectivity index (χ1n) is 5.72. The number of rotatable bonds is 6. The van der Waals surface area contributed by atoms with E-state index in [1.165, 1.54) is 12.8 Å². The van der Waals surface area contributed by atoms with Crippen LogP contribution in [-0.4, -0.2) is 22.8 Å². The van der Waals surface area contributed by atoms with Crippen LogP contribution in [0.2, 0.25) is 0 Å². The lowest BCUT2D eigenvalue weighted by Gasteiger charge is -2.30. The van der Waals surface area contributed by atoms with Crippen LogP contribution in [0, 0.1) is 5.92 Å². The minimum atomic E-state index is -0.633. The Labute approximate surface area is 89.1 Å². The second-order valence-electron chi connectivity index (χ2n) is 5.41. The highest BCUT2D eigenvalue weighted by atomic mass is 16.3. The number of hydrogen-bond donors (Lipinski definition) is 2. The molecule has 0 saturated carbocycles. The topological polar surface area (TPSA) is 32.3 Å². The Balaban J connectivity index is 3.77. The van der Waals surface area contributed by atoms with Crippen LogP contribution in [0.4, 0.5) is 0 Å². The highest BCUT2D eigenvalue weighted by molar-refractivity contribution is 4.81. The highest BCUT2D eigenvalue weighted by Gasteiger charge is 2.23. The smallest absolute Gasteiger partial charge is 0.0741 e. The summed E-state index contributed by atoms with van der Waals surface area (Å²) in [5, 5.41) is 13.2. The van der Waals surface area contributed by atoms with Gasteiger partial charge in [-0.15, -0.1) is 0 Å². The standard InChI is InChI=1S/C12H27NO/c1-9(2)7-8-10(3)13-11(4)12(5,6)14/h9-11,13-14H,7-8H2,1-6H3. The fraction of sp³-hybridized carbons (Fsp3) is 1.00. The van der Waals surface area contributed by atoms with Gasteiger partial charge in [-0.25, -0.2) is 0 Å². The summed E-state index contributed by atoms with van der Waals surface area (Å²) in [4.78, 5) is 0. The summed E-state index contributed by atoms with van der Waals surface area (Å²) in [6.07, 6.45) is 2.42. The summed E-state index contributed by atoms with van der Waals surface area (Å²) < 4.78 is 0. The zero-order valence-electron chi connectivity index (χ0n) is 10.6. The van der Waals surface area contributed by atoms with Gasteiger partial charge >= 0.3 is 0 Å². The van der Waals surface area contributed by atoms with Crippen molar-refractivity contribution in [2.45, 2.75) is 72.1 Å². The zero-order valence-corrected chi connectivity index (χ0v) is 10.6. The monoisotopic (exact) mass is 201 g/mol. The van der Waals surface area contributed by atoms with Gasteiger partial charge in [0.25, 0.3) is 0 Å². The molecular weight excluding hydrogens is 174 g/mol. The van der Waals surface area contributed by atoms with Gasteiger partial charge in [-0.1, -0.05) is 13.8 Å². The summed E-state index contributed by atoms with van der Waals surface area (Å²) in [7, 11) is 0. The number of hydrogen-bond acceptors (Lipinski definition) is 2. The van der Waals surface area contributed by atoms with Gasteiger partial charge in [0.1, 0.15) is 0 Å². The molecule has 0 fully saturated rings. The van der Waals surface area contributed by atoms with Crippen LogP contribution in [-0.2, 0) is 0 Å². The van der Waals surface area contributed by atoms with Crippen LogP contribution in [0.5, 0.6) is 0 Å². The van der Waals surface area contributed by atoms with E-state index in [2.05, 4.69) is 26.1 Å². The molecule has 2 unspecified atom stereocenters. The maximum Gasteiger partial charge on any atom is 0.0741 e. The van der Waals surface area contributed by atoms with Crippen LogP contribution in [0.1, 0.15) is 54.4 Å². The Kier molecular flexibility index (Phi) is 5.68. The van der Waals surface area contributed by atoms with Crippen molar-refractivity contribution in [2.24, 2.45) is 5.92 Å². The third-order valence-electron chi connectivity index (χ3n) is 2.77. The zero-order chi connectivity index (χ0) is 11.4. The molecule has 0 aliphatic carbocycles. The molecule has 0 bridgehead atoms. The van der Waals surface area contributed by atoms with E-state index in [0.717, 1.165) is 5.92 Å². The van der Waals surface area contributed by atoms with E-state index in [1.54, 1.807) is 0 Å². The maximum atomic E-state index is 9.75. The molecular formula is C12H27NO. The summed E-state index contributed by atoms with van der Waals surface area (Å²) in [5.74, 6) is 0.761. The molecule has 0 rings (SSSR count). The Morgan fingerprint density at radius 2 is 1.57 bits per heavy atom. The summed E-state index contributed by atoms with van der Waals surface area (Å²) in [6.45, 7) is 12.4. The molecule has 0 amide bonds.